The number of nitriles is 1. The standard InChI is InChI=1S/C21H20N4/c1-21(2,3)25-19-13-18(16-7-5-4-6-8-16)24-20(19)23-17-11-9-15(14-22)10-12-17/h4-13H,1-3H3,(H,23,24,25). The second-order valence-electron chi connectivity index (χ2n) is 6.84. The van der Waals surface area contributed by atoms with E-state index in [1.165, 1.54) is 0 Å². The van der Waals surface area contributed by atoms with Crippen molar-refractivity contribution in [3.63, 3.8) is 0 Å². The average molecular weight is 328 g/mol. The van der Waals surface area contributed by atoms with E-state index in [0.29, 0.717) is 5.56 Å². The maximum atomic E-state index is 8.92. The van der Waals surface area contributed by atoms with Gasteiger partial charge in [-0.3, -0.25) is 4.99 Å². The van der Waals surface area contributed by atoms with Gasteiger partial charge in [0.1, 0.15) is 5.71 Å². The first-order chi connectivity index (χ1) is 11.9. The van der Waals surface area contributed by atoms with Crippen LogP contribution in [0, 0.1) is 11.3 Å². The summed E-state index contributed by atoms with van der Waals surface area (Å²) >= 11 is 0. The number of benzene rings is 2. The largest absolute Gasteiger partial charge is 0.338 e. The van der Waals surface area contributed by atoms with Gasteiger partial charge < -0.3 is 5.32 Å². The normalized spacial score (nSPS) is 15.5. The van der Waals surface area contributed by atoms with Gasteiger partial charge in [0.15, 0.2) is 5.84 Å². The second kappa shape index (κ2) is 6.74. The van der Waals surface area contributed by atoms with Crippen molar-refractivity contribution in [3.05, 3.63) is 71.8 Å². The van der Waals surface area contributed by atoms with E-state index in [9.17, 15) is 0 Å². The molecule has 2 aromatic carbocycles. The summed E-state index contributed by atoms with van der Waals surface area (Å²) in [6, 6.07) is 19.5. The minimum Gasteiger partial charge on any atom is -0.338 e. The Balaban J connectivity index is 1.94. The van der Waals surface area contributed by atoms with Crippen LogP contribution in [-0.2, 0) is 0 Å². The predicted molar refractivity (Wildman–Crippen MR) is 104 cm³/mol. The van der Waals surface area contributed by atoms with Crippen LogP contribution in [-0.4, -0.2) is 17.1 Å². The van der Waals surface area contributed by atoms with Gasteiger partial charge >= 0.3 is 0 Å². The molecule has 1 aliphatic rings. The fourth-order valence-corrected chi connectivity index (χ4v) is 2.47. The van der Waals surface area contributed by atoms with E-state index in [0.717, 1.165) is 28.5 Å². The van der Waals surface area contributed by atoms with Crippen molar-refractivity contribution in [1.29, 1.82) is 5.26 Å². The molecule has 0 amide bonds. The van der Waals surface area contributed by atoms with Gasteiger partial charge in [-0.25, -0.2) is 4.99 Å². The van der Waals surface area contributed by atoms with Gasteiger partial charge in [-0.15, -0.1) is 0 Å². The topological polar surface area (TPSA) is 60.5 Å². The lowest BCUT2D eigenvalue weighted by atomic mass is 10.1. The minimum atomic E-state index is -0.203. The molecule has 0 aromatic heterocycles. The number of hydrogen-bond acceptors (Lipinski definition) is 4. The SMILES string of the molecule is CC(C)(C)N=C1C=C(c2ccccc2)N=C1Nc1ccc(C#N)cc1. The van der Waals surface area contributed by atoms with E-state index in [4.69, 9.17) is 15.2 Å². The Hall–Kier alpha value is -3.19. The van der Waals surface area contributed by atoms with Crippen LogP contribution in [0.4, 0.5) is 5.69 Å². The molecule has 0 saturated heterocycles. The molecule has 0 spiro atoms. The molecule has 0 fully saturated rings. The summed E-state index contributed by atoms with van der Waals surface area (Å²) in [7, 11) is 0. The van der Waals surface area contributed by atoms with Crippen molar-refractivity contribution in [2.75, 3.05) is 5.32 Å². The molecule has 0 atom stereocenters. The molecular formula is C21H20N4. The zero-order chi connectivity index (χ0) is 17.9. The first kappa shape index (κ1) is 16.7. The van der Waals surface area contributed by atoms with Crippen molar-refractivity contribution in [1.82, 2.24) is 0 Å². The molecule has 25 heavy (non-hydrogen) atoms. The van der Waals surface area contributed by atoms with Crippen LogP contribution in [0.15, 0.2) is 70.7 Å². The second-order valence-corrected chi connectivity index (χ2v) is 6.84. The van der Waals surface area contributed by atoms with Crippen LogP contribution in [0.2, 0.25) is 0 Å². The van der Waals surface area contributed by atoms with Crippen molar-refractivity contribution in [2.45, 2.75) is 26.3 Å². The van der Waals surface area contributed by atoms with Gasteiger partial charge in [0.25, 0.3) is 0 Å². The van der Waals surface area contributed by atoms with Gasteiger partial charge in [-0.05, 0) is 51.1 Å². The quantitative estimate of drug-likeness (QED) is 0.871. The van der Waals surface area contributed by atoms with Crippen LogP contribution >= 0.6 is 0 Å². The smallest absolute Gasteiger partial charge is 0.156 e. The Labute approximate surface area is 148 Å². The number of nitrogens with one attached hydrogen (secondary N) is 1. The molecule has 4 nitrogen and oxygen atoms in total. The number of nitrogens with zero attached hydrogens (tertiary/aromatic N) is 3. The van der Waals surface area contributed by atoms with Crippen molar-refractivity contribution < 1.29 is 0 Å². The molecule has 0 bridgehead atoms. The Morgan fingerprint density at radius 2 is 1.68 bits per heavy atom. The third-order valence-corrected chi connectivity index (χ3v) is 3.55. The monoisotopic (exact) mass is 328 g/mol. The number of aliphatic imine (C=N–C) groups is 2. The fourth-order valence-electron chi connectivity index (χ4n) is 2.47. The summed E-state index contributed by atoms with van der Waals surface area (Å²) in [6.45, 7) is 6.19. The molecule has 1 N–H and O–H groups in total. The summed E-state index contributed by atoms with van der Waals surface area (Å²) < 4.78 is 0. The van der Waals surface area contributed by atoms with Crippen molar-refractivity contribution in [3.8, 4) is 6.07 Å². The number of rotatable bonds is 2. The third kappa shape index (κ3) is 4.21. The Bertz CT molecular complexity index is 890. The van der Waals surface area contributed by atoms with Gasteiger partial charge in [-0.1, -0.05) is 30.3 Å². The van der Waals surface area contributed by atoms with Crippen molar-refractivity contribution >= 4 is 22.9 Å². The molecule has 0 radical (unpaired) electrons. The highest BCUT2D eigenvalue weighted by Gasteiger charge is 2.20. The van der Waals surface area contributed by atoms with Gasteiger partial charge in [0.05, 0.1) is 22.9 Å². The highest BCUT2D eigenvalue weighted by atomic mass is 15.1. The van der Waals surface area contributed by atoms with E-state index in [2.05, 4.69) is 32.2 Å². The maximum absolute atomic E-state index is 8.92. The van der Waals surface area contributed by atoms with Gasteiger partial charge in [0.2, 0.25) is 0 Å². The Morgan fingerprint density at radius 1 is 1.00 bits per heavy atom. The maximum Gasteiger partial charge on any atom is 0.156 e. The average Bonchev–Trinajstić information content (AvgIpc) is 2.97. The van der Waals surface area contributed by atoms with Crippen LogP contribution in [0.3, 0.4) is 0 Å². The lowest BCUT2D eigenvalue weighted by Gasteiger charge is -2.14. The zero-order valence-corrected chi connectivity index (χ0v) is 14.6. The highest BCUT2D eigenvalue weighted by Crippen LogP contribution is 2.23. The fraction of sp³-hybridized carbons (Fsp3) is 0.190. The lowest BCUT2D eigenvalue weighted by Crippen LogP contribution is -2.23. The van der Waals surface area contributed by atoms with Crippen LogP contribution in [0.5, 0.6) is 0 Å². The molecule has 4 heteroatoms. The zero-order valence-electron chi connectivity index (χ0n) is 14.6. The van der Waals surface area contributed by atoms with Crippen LogP contribution in [0.25, 0.3) is 5.70 Å². The molecule has 2 aromatic rings. The first-order valence-corrected chi connectivity index (χ1v) is 8.18. The minimum absolute atomic E-state index is 0.203. The summed E-state index contributed by atoms with van der Waals surface area (Å²) in [5.74, 6) is 0.721. The van der Waals surface area contributed by atoms with E-state index >= 15 is 0 Å². The molecule has 0 aliphatic carbocycles. The summed E-state index contributed by atoms with van der Waals surface area (Å²) in [5.41, 5.74) is 4.08. The number of hydrogen-bond donors (Lipinski definition) is 1. The summed E-state index contributed by atoms with van der Waals surface area (Å²) in [5, 5.41) is 12.2. The van der Waals surface area contributed by atoms with Crippen LogP contribution < -0.4 is 5.32 Å². The van der Waals surface area contributed by atoms with Crippen molar-refractivity contribution in [2.24, 2.45) is 9.98 Å². The summed E-state index contributed by atoms with van der Waals surface area (Å²) in [6.07, 6.45) is 2.01. The molecule has 0 saturated carbocycles. The molecule has 124 valence electrons. The number of anilines is 1. The molecular weight excluding hydrogens is 308 g/mol. The molecule has 1 aliphatic heterocycles. The molecule has 1 heterocycles. The van der Waals surface area contributed by atoms with Gasteiger partial charge in [-0.2, -0.15) is 5.26 Å². The first-order valence-electron chi connectivity index (χ1n) is 8.18. The van der Waals surface area contributed by atoms with Crippen LogP contribution in [0.1, 0.15) is 31.9 Å². The van der Waals surface area contributed by atoms with Gasteiger partial charge in [0, 0.05) is 11.3 Å². The highest BCUT2D eigenvalue weighted by molar-refractivity contribution is 6.53. The Kier molecular flexibility index (Phi) is 4.49. The lowest BCUT2D eigenvalue weighted by molar-refractivity contribution is 0.585. The molecule has 3 rings (SSSR count). The Morgan fingerprint density at radius 3 is 2.28 bits per heavy atom. The van der Waals surface area contributed by atoms with E-state index in [1.807, 2.05) is 48.5 Å². The third-order valence-electron chi connectivity index (χ3n) is 3.55. The van der Waals surface area contributed by atoms with E-state index in [1.54, 1.807) is 12.1 Å². The van der Waals surface area contributed by atoms with E-state index in [-0.39, 0.29) is 5.54 Å². The molecule has 0 unspecified atom stereocenters. The van der Waals surface area contributed by atoms with E-state index < -0.39 is 0 Å². The predicted octanol–water partition coefficient (Wildman–Crippen LogP) is 4.66. The number of amidine groups is 1. The summed E-state index contributed by atoms with van der Waals surface area (Å²) in [4.78, 5) is 9.52.